The average molecular weight is 285 g/mol. The number of aryl methyl sites for hydroxylation is 1. The lowest BCUT2D eigenvalue weighted by molar-refractivity contribution is -0.130. The molecule has 5 heteroatoms. The lowest BCUT2D eigenvalue weighted by atomic mass is 9.98. The number of aromatic nitrogens is 2. The van der Waals surface area contributed by atoms with E-state index in [1.54, 1.807) is 6.92 Å². The monoisotopic (exact) mass is 285 g/mol. The molecule has 0 N–H and O–H groups in total. The van der Waals surface area contributed by atoms with E-state index in [0.717, 1.165) is 30.5 Å². The molecule has 21 heavy (non-hydrogen) atoms. The van der Waals surface area contributed by atoms with Crippen molar-refractivity contribution in [3.05, 3.63) is 35.7 Å². The maximum atomic E-state index is 11.5. The van der Waals surface area contributed by atoms with Crippen LogP contribution >= 0.6 is 0 Å². The number of hydrogen-bond acceptors (Lipinski definition) is 4. The molecule has 0 saturated carbocycles. The minimum atomic E-state index is 0.110. The summed E-state index contributed by atoms with van der Waals surface area (Å²) in [4.78, 5) is 13.4. The summed E-state index contributed by atoms with van der Waals surface area (Å²) in [5.41, 5.74) is 2.08. The normalized spacial score (nSPS) is 18.8. The van der Waals surface area contributed by atoms with Crippen molar-refractivity contribution in [2.45, 2.75) is 32.6 Å². The van der Waals surface area contributed by atoms with Gasteiger partial charge in [-0.15, -0.1) is 10.2 Å². The Balaban J connectivity index is 1.82. The minimum absolute atomic E-state index is 0.110. The largest absolute Gasteiger partial charge is 0.420 e. The zero-order valence-electron chi connectivity index (χ0n) is 12.4. The van der Waals surface area contributed by atoms with Gasteiger partial charge in [0.05, 0.1) is 5.92 Å². The summed E-state index contributed by atoms with van der Waals surface area (Å²) >= 11 is 0. The summed E-state index contributed by atoms with van der Waals surface area (Å²) < 4.78 is 5.86. The van der Waals surface area contributed by atoms with Crippen molar-refractivity contribution in [2.75, 3.05) is 13.1 Å². The third-order valence-corrected chi connectivity index (χ3v) is 4.03. The van der Waals surface area contributed by atoms with Crippen molar-refractivity contribution < 1.29 is 9.21 Å². The predicted molar refractivity (Wildman–Crippen MR) is 78.7 cm³/mol. The molecule has 110 valence electrons. The Bertz CT molecular complexity index is 650. The van der Waals surface area contributed by atoms with Gasteiger partial charge in [0.15, 0.2) is 0 Å². The van der Waals surface area contributed by atoms with Crippen molar-refractivity contribution in [2.24, 2.45) is 0 Å². The van der Waals surface area contributed by atoms with Gasteiger partial charge in [-0.1, -0.05) is 18.2 Å². The lowest BCUT2D eigenvalue weighted by Gasteiger charge is -2.30. The molecule has 2 aromatic rings. The van der Waals surface area contributed by atoms with Crippen molar-refractivity contribution >= 4 is 5.91 Å². The first-order chi connectivity index (χ1) is 10.1. The smallest absolute Gasteiger partial charge is 0.248 e. The van der Waals surface area contributed by atoms with E-state index in [1.165, 1.54) is 0 Å². The number of amides is 1. The molecule has 1 unspecified atom stereocenters. The van der Waals surface area contributed by atoms with Crippen LogP contribution in [0.1, 0.15) is 37.1 Å². The molecule has 0 aliphatic carbocycles. The SMILES string of the molecule is CC(=O)N1CCCC(c2nnc(-c3ccccc3C)o2)C1. The highest BCUT2D eigenvalue weighted by Gasteiger charge is 2.27. The van der Waals surface area contributed by atoms with Crippen LogP contribution in [0.4, 0.5) is 0 Å². The van der Waals surface area contributed by atoms with Crippen molar-refractivity contribution in [1.29, 1.82) is 0 Å². The van der Waals surface area contributed by atoms with E-state index in [9.17, 15) is 4.79 Å². The Morgan fingerprint density at radius 3 is 2.90 bits per heavy atom. The fourth-order valence-electron chi connectivity index (χ4n) is 2.79. The molecule has 2 heterocycles. The van der Waals surface area contributed by atoms with Crippen molar-refractivity contribution in [3.63, 3.8) is 0 Å². The number of carbonyl (C=O) groups is 1. The zero-order chi connectivity index (χ0) is 14.8. The first-order valence-electron chi connectivity index (χ1n) is 7.30. The van der Waals surface area contributed by atoms with E-state index in [0.29, 0.717) is 18.3 Å². The summed E-state index contributed by atoms with van der Waals surface area (Å²) in [5, 5.41) is 8.37. The van der Waals surface area contributed by atoms with Gasteiger partial charge in [-0.3, -0.25) is 4.79 Å². The molecule has 0 bridgehead atoms. The molecule has 0 spiro atoms. The second-order valence-corrected chi connectivity index (χ2v) is 5.56. The molecule has 1 aliphatic heterocycles. The van der Waals surface area contributed by atoms with Crippen LogP contribution in [-0.4, -0.2) is 34.1 Å². The Morgan fingerprint density at radius 2 is 2.14 bits per heavy atom. The van der Waals surface area contributed by atoms with Crippen LogP contribution in [0.25, 0.3) is 11.5 Å². The first kappa shape index (κ1) is 13.8. The molecule has 5 nitrogen and oxygen atoms in total. The van der Waals surface area contributed by atoms with Crippen molar-refractivity contribution in [3.8, 4) is 11.5 Å². The molecule has 1 aromatic heterocycles. The number of hydrogen-bond donors (Lipinski definition) is 0. The molecule has 3 rings (SSSR count). The fraction of sp³-hybridized carbons (Fsp3) is 0.438. The highest BCUT2D eigenvalue weighted by atomic mass is 16.4. The molecule has 1 amide bonds. The lowest BCUT2D eigenvalue weighted by Crippen LogP contribution is -2.37. The molecule has 1 aliphatic rings. The summed E-state index contributed by atoms with van der Waals surface area (Å²) in [5.74, 6) is 1.45. The van der Waals surface area contributed by atoms with Gasteiger partial charge in [-0.2, -0.15) is 0 Å². The van der Waals surface area contributed by atoms with Gasteiger partial charge in [0.2, 0.25) is 17.7 Å². The average Bonchev–Trinajstić information content (AvgIpc) is 2.97. The molecule has 1 aromatic carbocycles. The Morgan fingerprint density at radius 1 is 1.33 bits per heavy atom. The quantitative estimate of drug-likeness (QED) is 0.851. The van der Waals surface area contributed by atoms with Crippen LogP contribution < -0.4 is 0 Å². The molecule has 1 atom stereocenters. The minimum Gasteiger partial charge on any atom is -0.420 e. The van der Waals surface area contributed by atoms with Gasteiger partial charge in [0.1, 0.15) is 0 Å². The Labute approximate surface area is 124 Å². The van der Waals surface area contributed by atoms with E-state index < -0.39 is 0 Å². The maximum absolute atomic E-state index is 11.5. The van der Waals surface area contributed by atoms with Gasteiger partial charge in [0, 0.05) is 25.6 Å². The van der Waals surface area contributed by atoms with E-state index in [2.05, 4.69) is 10.2 Å². The van der Waals surface area contributed by atoms with Gasteiger partial charge in [0.25, 0.3) is 0 Å². The third-order valence-electron chi connectivity index (χ3n) is 4.03. The number of rotatable bonds is 2. The molecule has 1 saturated heterocycles. The number of likely N-dealkylation sites (tertiary alicyclic amines) is 1. The Hall–Kier alpha value is -2.17. The highest BCUT2D eigenvalue weighted by Crippen LogP contribution is 2.29. The zero-order valence-corrected chi connectivity index (χ0v) is 12.4. The van der Waals surface area contributed by atoms with Crippen LogP contribution in [0.2, 0.25) is 0 Å². The molecule has 0 radical (unpaired) electrons. The van der Waals surface area contributed by atoms with Crippen LogP contribution in [-0.2, 0) is 4.79 Å². The third kappa shape index (κ3) is 2.82. The van der Waals surface area contributed by atoms with E-state index in [-0.39, 0.29) is 11.8 Å². The van der Waals surface area contributed by atoms with Crippen LogP contribution in [0.5, 0.6) is 0 Å². The van der Waals surface area contributed by atoms with E-state index in [4.69, 9.17) is 4.42 Å². The van der Waals surface area contributed by atoms with Crippen LogP contribution in [0.15, 0.2) is 28.7 Å². The van der Waals surface area contributed by atoms with Gasteiger partial charge < -0.3 is 9.32 Å². The Kier molecular flexibility index (Phi) is 3.73. The van der Waals surface area contributed by atoms with E-state index in [1.807, 2.05) is 36.1 Å². The molecular weight excluding hydrogens is 266 g/mol. The predicted octanol–water partition coefficient (Wildman–Crippen LogP) is 2.77. The summed E-state index contributed by atoms with van der Waals surface area (Å²) in [6.45, 7) is 5.13. The van der Waals surface area contributed by atoms with Crippen LogP contribution in [0, 0.1) is 6.92 Å². The van der Waals surface area contributed by atoms with Gasteiger partial charge in [-0.05, 0) is 31.4 Å². The van der Waals surface area contributed by atoms with Gasteiger partial charge in [-0.25, -0.2) is 0 Å². The summed E-state index contributed by atoms with van der Waals surface area (Å²) in [7, 11) is 0. The number of benzene rings is 1. The number of piperidine rings is 1. The summed E-state index contributed by atoms with van der Waals surface area (Å²) in [6, 6.07) is 7.96. The molecular formula is C16H19N3O2. The maximum Gasteiger partial charge on any atom is 0.248 e. The topological polar surface area (TPSA) is 59.2 Å². The number of carbonyl (C=O) groups excluding carboxylic acids is 1. The van der Waals surface area contributed by atoms with E-state index >= 15 is 0 Å². The van der Waals surface area contributed by atoms with Crippen molar-refractivity contribution in [1.82, 2.24) is 15.1 Å². The van der Waals surface area contributed by atoms with Gasteiger partial charge >= 0.3 is 0 Å². The summed E-state index contributed by atoms with van der Waals surface area (Å²) in [6.07, 6.45) is 1.96. The second kappa shape index (κ2) is 5.68. The number of nitrogens with zero attached hydrogens (tertiary/aromatic N) is 3. The fourth-order valence-corrected chi connectivity index (χ4v) is 2.79. The second-order valence-electron chi connectivity index (χ2n) is 5.56. The highest BCUT2D eigenvalue weighted by molar-refractivity contribution is 5.73. The molecule has 1 fully saturated rings. The van der Waals surface area contributed by atoms with Crippen LogP contribution in [0.3, 0.4) is 0 Å². The first-order valence-corrected chi connectivity index (χ1v) is 7.30. The standard InChI is InChI=1S/C16H19N3O2/c1-11-6-3-4-8-14(11)16-18-17-15(21-16)13-7-5-9-19(10-13)12(2)20/h3-4,6,8,13H,5,7,9-10H2,1-2H3.